The molecule has 0 saturated carbocycles. The Hall–Kier alpha value is -0.170. The van der Waals surface area contributed by atoms with Crippen molar-refractivity contribution >= 4 is 10.0 Å². The van der Waals surface area contributed by atoms with Gasteiger partial charge in [0.25, 0.3) is 0 Å². The number of rotatable bonds is 3. The largest absolute Gasteiger partial charge is 0.310 e. The summed E-state index contributed by atoms with van der Waals surface area (Å²) in [5.74, 6) is 0.479. The van der Waals surface area contributed by atoms with Gasteiger partial charge >= 0.3 is 0 Å². The fourth-order valence-electron chi connectivity index (χ4n) is 3.42. The summed E-state index contributed by atoms with van der Waals surface area (Å²) >= 11 is 0. The third kappa shape index (κ3) is 4.69. The topological polar surface area (TPSA) is 52.7 Å². The van der Waals surface area contributed by atoms with Gasteiger partial charge in [-0.15, -0.1) is 0 Å². The highest BCUT2D eigenvalue weighted by atomic mass is 32.2. The summed E-state index contributed by atoms with van der Waals surface area (Å²) in [4.78, 5) is 2.51. The lowest BCUT2D eigenvalue weighted by Gasteiger charge is -2.36. The van der Waals surface area contributed by atoms with Crippen LogP contribution in [0.15, 0.2) is 0 Å². The Morgan fingerprint density at radius 3 is 2.70 bits per heavy atom. The third-order valence-electron chi connectivity index (χ3n) is 4.34. The van der Waals surface area contributed by atoms with Crippen LogP contribution in [0.1, 0.15) is 33.1 Å². The number of nitrogens with one attached hydrogen (secondary N) is 1. The van der Waals surface area contributed by atoms with Crippen molar-refractivity contribution in [1.29, 1.82) is 0 Å². The number of hydrogen-bond donors (Lipinski definition) is 1. The molecule has 0 amide bonds. The van der Waals surface area contributed by atoms with E-state index in [2.05, 4.69) is 24.1 Å². The van der Waals surface area contributed by atoms with Gasteiger partial charge in [0.05, 0.1) is 6.26 Å². The highest BCUT2D eigenvalue weighted by Gasteiger charge is 2.29. The van der Waals surface area contributed by atoms with E-state index in [9.17, 15) is 8.42 Å². The zero-order valence-corrected chi connectivity index (χ0v) is 13.9. The average molecular weight is 303 g/mol. The summed E-state index contributed by atoms with van der Waals surface area (Å²) in [7, 11) is -3.03. The van der Waals surface area contributed by atoms with E-state index in [4.69, 9.17) is 0 Å². The first kappa shape index (κ1) is 16.2. The Balaban J connectivity index is 1.92. The van der Waals surface area contributed by atoms with Crippen LogP contribution in [0, 0.1) is 5.92 Å². The predicted octanol–water partition coefficient (Wildman–Crippen LogP) is 0.732. The number of piperidine rings is 1. The van der Waals surface area contributed by atoms with Crippen LogP contribution in [0.2, 0.25) is 0 Å². The molecule has 118 valence electrons. The van der Waals surface area contributed by atoms with Gasteiger partial charge < -0.3 is 10.2 Å². The highest BCUT2D eigenvalue weighted by Crippen LogP contribution is 2.21. The molecule has 0 radical (unpaired) electrons. The van der Waals surface area contributed by atoms with Crippen molar-refractivity contribution < 1.29 is 8.42 Å². The van der Waals surface area contributed by atoms with Crippen LogP contribution in [0.25, 0.3) is 0 Å². The van der Waals surface area contributed by atoms with Crippen LogP contribution in [-0.2, 0) is 10.0 Å². The van der Waals surface area contributed by atoms with Crippen LogP contribution < -0.4 is 5.32 Å². The van der Waals surface area contributed by atoms with E-state index >= 15 is 0 Å². The van der Waals surface area contributed by atoms with Crippen molar-refractivity contribution in [3.8, 4) is 0 Å². The Labute approximate surface area is 123 Å². The second kappa shape index (κ2) is 6.30. The molecule has 0 aromatic heterocycles. The number of sulfonamides is 1. The van der Waals surface area contributed by atoms with Gasteiger partial charge in [-0.3, -0.25) is 0 Å². The van der Waals surface area contributed by atoms with E-state index in [0.717, 1.165) is 39.0 Å². The first-order chi connectivity index (χ1) is 9.26. The third-order valence-corrected chi connectivity index (χ3v) is 5.61. The molecule has 1 N–H and O–H groups in total. The minimum atomic E-state index is -3.03. The number of hydrogen-bond acceptors (Lipinski definition) is 4. The minimum absolute atomic E-state index is 0.154. The molecule has 6 heteroatoms. The molecule has 2 rings (SSSR count). The van der Waals surface area contributed by atoms with E-state index in [1.807, 2.05) is 0 Å². The molecular weight excluding hydrogens is 274 g/mol. The Morgan fingerprint density at radius 2 is 2.00 bits per heavy atom. The van der Waals surface area contributed by atoms with E-state index in [1.165, 1.54) is 12.7 Å². The van der Waals surface area contributed by atoms with Crippen LogP contribution >= 0.6 is 0 Å². The van der Waals surface area contributed by atoms with E-state index in [1.54, 1.807) is 4.31 Å². The molecule has 1 atom stereocenters. The molecule has 1 unspecified atom stereocenters. The quantitative estimate of drug-likeness (QED) is 0.835. The smallest absolute Gasteiger partial charge is 0.211 e. The average Bonchev–Trinajstić information content (AvgIpc) is 2.49. The van der Waals surface area contributed by atoms with Crippen molar-refractivity contribution in [2.75, 3.05) is 45.5 Å². The molecule has 2 heterocycles. The van der Waals surface area contributed by atoms with Crippen LogP contribution in [0.5, 0.6) is 0 Å². The molecular formula is C14H29N3O2S. The maximum atomic E-state index is 11.7. The Kier molecular flexibility index (Phi) is 5.10. The molecule has 2 saturated heterocycles. The van der Waals surface area contributed by atoms with E-state index in [0.29, 0.717) is 19.0 Å². The van der Waals surface area contributed by atoms with Gasteiger partial charge in [0, 0.05) is 31.7 Å². The van der Waals surface area contributed by atoms with E-state index in [-0.39, 0.29) is 5.54 Å². The van der Waals surface area contributed by atoms with Crippen LogP contribution in [0.3, 0.4) is 0 Å². The Bertz CT molecular complexity index is 422. The van der Waals surface area contributed by atoms with Crippen molar-refractivity contribution in [2.45, 2.75) is 38.6 Å². The molecule has 2 fully saturated rings. The van der Waals surface area contributed by atoms with Gasteiger partial charge in [0.15, 0.2) is 0 Å². The Morgan fingerprint density at radius 1 is 1.25 bits per heavy atom. The number of nitrogens with zero attached hydrogens (tertiary/aromatic N) is 2. The summed E-state index contributed by atoms with van der Waals surface area (Å²) in [6.45, 7) is 10.1. The van der Waals surface area contributed by atoms with E-state index < -0.39 is 10.0 Å². The normalized spacial score (nSPS) is 30.1. The first-order valence-electron chi connectivity index (χ1n) is 7.69. The van der Waals surface area contributed by atoms with Gasteiger partial charge in [-0.1, -0.05) is 0 Å². The molecule has 0 spiro atoms. The minimum Gasteiger partial charge on any atom is -0.310 e. The van der Waals surface area contributed by atoms with Gasteiger partial charge in [0.2, 0.25) is 10.0 Å². The van der Waals surface area contributed by atoms with Crippen molar-refractivity contribution in [3.05, 3.63) is 0 Å². The monoisotopic (exact) mass is 303 g/mol. The fraction of sp³-hybridized carbons (Fsp3) is 1.00. The summed E-state index contributed by atoms with van der Waals surface area (Å²) in [5.41, 5.74) is 0.154. The maximum Gasteiger partial charge on any atom is 0.211 e. The fourth-order valence-corrected chi connectivity index (χ4v) is 4.36. The standard InChI is InChI=1S/C14H29N3O2S/c1-14(2)12-16(8-5-7-15-14)10-13-6-4-9-17(11-13)20(3,18)19/h13,15H,4-12H2,1-3H3. The van der Waals surface area contributed by atoms with Gasteiger partial charge in [-0.05, 0) is 52.1 Å². The summed E-state index contributed by atoms with van der Waals surface area (Å²) in [5, 5.41) is 3.57. The lowest BCUT2D eigenvalue weighted by atomic mass is 9.98. The second-order valence-electron chi connectivity index (χ2n) is 7.03. The molecule has 5 nitrogen and oxygen atoms in total. The maximum absolute atomic E-state index is 11.7. The van der Waals surface area contributed by atoms with Crippen LogP contribution in [-0.4, -0.2) is 68.7 Å². The SMILES string of the molecule is CC1(C)CN(CC2CCCN(S(C)(=O)=O)C2)CCCN1. The molecule has 2 aliphatic rings. The summed E-state index contributed by atoms with van der Waals surface area (Å²) in [6.07, 6.45) is 4.64. The molecule has 0 aromatic rings. The van der Waals surface area contributed by atoms with Crippen molar-refractivity contribution in [3.63, 3.8) is 0 Å². The summed E-state index contributed by atoms with van der Waals surface area (Å²) in [6, 6.07) is 0. The lowest BCUT2D eigenvalue weighted by molar-refractivity contribution is 0.162. The molecule has 0 bridgehead atoms. The van der Waals surface area contributed by atoms with Crippen LogP contribution in [0.4, 0.5) is 0 Å². The molecule has 20 heavy (non-hydrogen) atoms. The van der Waals surface area contributed by atoms with Gasteiger partial charge in [-0.2, -0.15) is 0 Å². The van der Waals surface area contributed by atoms with Crippen molar-refractivity contribution in [1.82, 2.24) is 14.5 Å². The summed E-state index contributed by atoms with van der Waals surface area (Å²) < 4.78 is 25.0. The first-order valence-corrected chi connectivity index (χ1v) is 9.54. The molecule has 0 aliphatic carbocycles. The molecule has 0 aromatic carbocycles. The van der Waals surface area contributed by atoms with Gasteiger partial charge in [-0.25, -0.2) is 12.7 Å². The van der Waals surface area contributed by atoms with Crippen molar-refractivity contribution in [2.24, 2.45) is 5.92 Å². The zero-order chi connectivity index (χ0) is 14.8. The van der Waals surface area contributed by atoms with Gasteiger partial charge in [0.1, 0.15) is 0 Å². The zero-order valence-electron chi connectivity index (χ0n) is 13.1. The molecule has 2 aliphatic heterocycles. The lowest BCUT2D eigenvalue weighted by Crippen LogP contribution is -2.49. The second-order valence-corrected chi connectivity index (χ2v) is 9.01. The predicted molar refractivity (Wildman–Crippen MR) is 82.3 cm³/mol. The highest BCUT2D eigenvalue weighted by molar-refractivity contribution is 7.88.